The van der Waals surface area contributed by atoms with Crippen molar-refractivity contribution < 1.29 is 0 Å². The molecule has 4 heteroatoms. The van der Waals surface area contributed by atoms with Crippen molar-refractivity contribution in [3.63, 3.8) is 0 Å². The third-order valence-electron chi connectivity index (χ3n) is 4.01. The normalized spacial score (nSPS) is 13.6. The molecule has 0 aromatic carbocycles. The average Bonchev–Trinajstić information content (AvgIpc) is 2.37. The third-order valence-corrected chi connectivity index (χ3v) is 8.49. The van der Waals surface area contributed by atoms with Crippen molar-refractivity contribution in [2.75, 3.05) is 38.0 Å². The fraction of sp³-hybridized carbons (Fsp3) is 1.00. The predicted octanol–water partition coefficient (Wildman–Crippen LogP) is 8.02. The second kappa shape index (κ2) is 19.1. The highest BCUT2D eigenvalue weighted by molar-refractivity contribution is 8.93. The molecule has 0 amide bonds. The van der Waals surface area contributed by atoms with Gasteiger partial charge in [-0.15, -0.1) is 49.8 Å². The molecule has 2 unspecified atom stereocenters. The molecule has 22 heavy (non-hydrogen) atoms. The van der Waals surface area contributed by atoms with Crippen molar-refractivity contribution in [2.45, 2.75) is 66.2 Å². The Morgan fingerprint density at radius 2 is 0.864 bits per heavy atom. The summed E-state index contributed by atoms with van der Waals surface area (Å²) < 4.78 is 0. The summed E-state index contributed by atoms with van der Waals surface area (Å²) in [4.78, 5) is 0. The molecule has 138 valence electrons. The van der Waals surface area contributed by atoms with Crippen LogP contribution in [-0.2, 0) is 0 Å². The van der Waals surface area contributed by atoms with Crippen molar-refractivity contribution in [3.8, 4) is 0 Å². The second-order valence-electron chi connectivity index (χ2n) is 7.39. The fourth-order valence-corrected chi connectivity index (χ4v) is 7.14. The maximum absolute atomic E-state index is 2.53. The lowest BCUT2D eigenvalue weighted by molar-refractivity contribution is 0.551. The van der Waals surface area contributed by atoms with Gasteiger partial charge in [0.15, 0.2) is 0 Å². The van der Waals surface area contributed by atoms with Gasteiger partial charge < -0.3 is 0 Å². The maximum atomic E-state index is 2.53. The van der Waals surface area contributed by atoms with Crippen LogP contribution in [-0.4, -0.2) is 38.0 Å². The van der Waals surface area contributed by atoms with Gasteiger partial charge in [0.2, 0.25) is 0 Å². The quantitative estimate of drug-likeness (QED) is 0.185. The lowest BCUT2D eigenvalue weighted by Gasteiger charge is -2.17. The molecule has 0 nitrogen and oxygen atoms in total. The van der Waals surface area contributed by atoms with E-state index in [0.29, 0.717) is 15.8 Å². The first-order valence-electron chi connectivity index (χ1n) is 8.79. The van der Waals surface area contributed by atoms with E-state index in [1.165, 1.54) is 50.8 Å². The van der Waals surface area contributed by atoms with Crippen LogP contribution in [0.4, 0.5) is 0 Å². The van der Waals surface area contributed by atoms with Crippen LogP contribution in [0.25, 0.3) is 0 Å². The molecule has 0 heterocycles. The van der Waals surface area contributed by atoms with Crippen molar-refractivity contribution in [3.05, 3.63) is 0 Å². The van der Waals surface area contributed by atoms with Gasteiger partial charge in [-0.3, -0.25) is 0 Å². The summed E-state index contributed by atoms with van der Waals surface area (Å²) in [6, 6.07) is 0. The Hall–Kier alpha value is 1.82. The molecular formula is C18H42Br2P2. The smallest absolute Gasteiger partial charge is 0.0289 e. The Kier molecular flexibility index (Phi) is 24.9. The molecule has 0 aromatic rings. The zero-order chi connectivity index (χ0) is 15.4. The number of rotatable bonds is 13. The van der Waals surface area contributed by atoms with E-state index >= 15 is 0 Å². The summed E-state index contributed by atoms with van der Waals surface area (Å²) in [5, 5.41) is 0. The first-order chi connectivity index (χ1) is 9.41. The van der Waals surface area contributed by atoms with Crippen LogP contribution in [0.2, 0.25) is 0 Å². The van der Waals surface area contributed by atoms with Gasteiger partial charge in [0.1, 0.15) is 0 Å². The van der Waals surface area contributed by atoms with Crippen LogP contribution in [0.15, 0.2) is 0 Å². The highest BCUT2D eigenvalue weighted by Crippen LogP contribution is 2.39. The molecule has 0 fully saturated rings. The zero-order valence-electron chi connectivity index (χ0n) is 15.9. The van der Waals surface area contributed by atoms with Crippen molar-refractivity contribution in [1.82, 2.24) is 0 Å². The van der Waals surface area contributed by atoms with Crippen LogP contribution in [0.3, 0.4) is 0 Å². The lowest BCUT2D eigenvalue weighted by Crippen LogP contribution is -1.98. The molecule has 0 aromatic heterocycles. The van der Waals surface area contributed by atoms with Gasteiger partial charge in [0.05, 0.1) is 0 Å². The minimum Gasteiger partial charge on any atom is -0.114 e. The van der Waals surface area contributed by atoms with Gasteiger partial charge in [-0.1, -0.05) is 53.4 Å². The first kappa shape index (κ1) is 28.6. The Bertz CT molecular complexity index is 189. The SMILES string of the molecule is Br.Br.CC(C)CCCCP(C)CCP(C)CCCCC(C)C. The van der Waals surface area contributed by atoms with E-state index in [1.807, 2.05) is 0 Å². The largest absolute Gasteiger partial charge is 0.114 e. The molecule has 0 rings (SSSR count). The number of unbranched alkanes of at least 4 members (excludes halogenated alkanes) is 2. The minimum atomic E-state index is 0. The predicted molar refractivity (Wildman–Crippen MR) is 123 cm³/mol. The maximum Gasteiger partial charge on any atom is -0.0289 e. The average molecular weight is 480 g/mol. The monoisotopic (exact) mass is 478 g/mol. The molecule has 0 aliphatic heterocycles. The minimum absolute atomic E-state index is 0. The van der Waals surface area contributed by atoms with E-state index in [4.69, 9.17) is 0 Å². The Morgan fingerprint density at radius 3 is 1.14 bits per heavy atom. The summed E-state index contributed by atoms with van der Waals surface area (Å²) in [5.41, 5.74) is 0. The summed E-state index contributed by atoms with van der Waals surface area (Å²) in [6.07, 6.45) is 14.9. The molecule has 0 spiro atoms. The van der Waals surface area contributed by atoms with Crippen molar-refractivity contribution in [1.29, 1.82) is 0 Å². The number of hydrogen-bond donors (Lipinski definition) is 0. The van der Waals surface area contributed by atoms with Gasteiger partial charge in [0.25, 0.3) is 0 Å². The summed E-state index contributed by atoms with van der Waals surface area (Å²) in [6.45, 7) is 14.5. The Labute approximate surface area is 165 Å². The van der Waals surface area contributed by atoms with E-state index in [0.717, 1.165) is 11.8 Å². The summed E-state index contributed by atoms with van der Waals surface area (Å²) >= 11 is 0. The Balaban J connectivity index is -0.00000180. The van der Waals surface area contributed by atoms with Gasteiger partial charge in [-0.25, -0.2) is 0 Å². The summed E-state index contributed by atoms with van der Waals surface area (Å²) in [7, 11) is 0.687. The molecule has 2 atom stereocenters. The molecule has 0 aliphatic carbocycles. The molecule has 0 saturated carbocycles. The van der Waals surface area contributed by atoms with E-state index < -0.39 is 0 Å². The molecule has 0 radical (unpaired) electrons. The van der Waals surface area contributed by atoms with Crippen molar-refractivity contribution in [2.24, 2.45) is 11.8 Å². The molecule has 0 bridgehead atoms. The lowest BCUT2D eigenvalue weighted by atomic mass is 10.1. The third kappa shape index (κ3) is 21.8. The van der Waals surface area contributed by atoms with Crippen LogP contribution in [0.5, 0.6) is 0 Å². The van der Waals surface area contributed by atoms with Crippen LogP contribution >= 0.6 is 49.8 Å². The standard InChI is InChI=1S/C18H40P2.2BrH/c1-17(2)11-7-9-13-19(5)15-16-20(6)14-10-8-12-18(3)4;;/h17-18H,7-16H2,1-6H3;2*1H. The number of halogens is 2. The summed E-state index contributed by atoms with van der Waals surface area (Å²) in [5.74, 6) is 1.79. The van der Waals surface area contributed by atoms with Crippen LogP contribution in [0.1, 0.15) is 66.2 Å². The fourth-order valence-electron chi connectivity index (χ4n) is 2.43. The second-order valence-corrected chi connectivity index (χ2v) is 12.6. The van der Waals surface area contributed by atoms with E-state index in [9.17, 15) is 0 Å². The molecule has 0 aliphatic rings. The van der Waals surface area contributed by atoms with Gasteiger partial charge in [-0.05, 0) is 62.7 Å². The van der Waals surface area contributed by atoms with Crippen molar-refractivity contribution >= 4 is 49.8 Å². The van der Waals surface area contributed by atoms with Gasteiger partial charge >= 0.3 is 0 Å². The highest BCUT2D eigenvalue weighted by Gasteiger charge is 2.06. The topological polar surface area (TPSA) is 0 Å². The molecule has 0 saturated heterocycles. The van der Waals surface area contributed by atoms with E-state index in [-0.39, 0.29) is 34.0 Å². The van der Waals surface area contributed by atoms with Gasteiger partial charge in [0, 0.05) is 0 Å². The van der Waals surface area contributed by atoms with E-state index in [2.05, 4.69) is 41.0 Å². The first-order valence-corrected chi connectivity index (χ1v) is 13.1. The number of hydrogen-bond acceptors (Lipinski definition) is 0. The van der Waals surface area contributed by atoms with Gasteiger partial charge in [-0.2, -0.15) is 0 Å². The van der Waals surface area contributed by atoms with Crippen LogP contribution in [0, 0.1) is 11.8 Å². The molecule has 0 N–H and O–H groups in total. The zero-order valence-corrected chi connectivity index (χ0v) is 21.2. The molecular weight excluding hydrogens is 438 g/mol. The Morgan fingerprint density at radius 1 is 0.545 bits per heavy atom. The van der Waals surface area contributed by atoms with Crippen LogP contribution < -0.4 is 0 Å². The van der Waals surface area contributed by atoms with E-state index in [1.54, 1.807) is 12.3 Å². The highest BCUT2D eigenvalue weighted by atomic mass is 79.9.